The maximum atomic E-state index is 13.0. The van der Waals surface area contributed by atoms with Crippen molar-refractivity contribution in [3.63, 3.8) is 0 Å². The van der Waals surface area contributed by atoms with Gasteiger partial charge in [-0.3, -0.25) is 29.1 Å². The number of primary amides is 1. The number of hydrogen-bond donors (Lipinski definition) is 3. The summed E-state index contributed by atoms with van der Waals surface area (Å²) in [7, 11) is 1.64. The molecule has 7 heterocycles. The molecule has 0 spiro atoms. The van der Waals surface area contributed by atoms with Gasteiger partial charge in [0.05, 0.1) is 6.20 Å². The Kier molecular flexibility index (Phi) is 10.8. The fourth-order valence-electron chi connectivity index (χ4n) is 9.60. The Morgan fingerprint density at radius 2 is 1.63 bits per heavy atom. The van der Waals surface area contributed by atoms with E-state index in [0.29, 0.717) is 42.3 Å². The third-order valence-electron chi connectivity index (χ3n) is 13.0. The van der Waals surface area contributed by atoms with E-state index in [0.717, 1.165) is 94.9 Å². The molecule has 2 aromatic carbocycles. The monoisotopic (exact) mass is 816 g/mol. The van der Waals surface area contributed by atoms with Crippen LogP contribution in [0.1, 0.15) is 79.4 Å². The van der Waals surface area contributed by atoms with Crippen LogP contribution in [0.3, 0.4) is 0 Å². The summed E-state index contributed by atoms with van der Waals surface area (Å²) in [6.45, 7) is 7.45. The number of carbonyl (C=O) groups is 4. The lowest BCUT2D eigenvalue weighted by molar-refractivity contribution is -0.136. The SMILES string of the molecule is Cn1c(-c2ccc(N3CC(CN4CCC(c5ccc(Nc6nc(N7CCC[C@H](N8CCCC8=O)C7)cnc6C(N)=O)cc5)CC4)C3)cc2)nn(C2CCC(=O)NC2=O)c1=O. The van der Waals surface area contributed by atoms with Crippen LogP contribution in [-0.4, -0.2) is 116 Å². The molecule has 0 saturated carbocycles. The van der Waals surface area contributed by atoms with Crippen molar-refractivity contribution in [3.8, 4) is 11.4 Å². The van der Waals surface area contributed by atoms with Crippen LogP contribution < -0.4 is 31.9 Å². The number of nitrogens with zero attached hydrogens (tertiary/aromatic N) is 9. The number of benzene rings is 2. The normalized spacial score (nSPS) is 21.9. The Labute approximate surface area is 347 Å². The fraction of sp³-hybridized carbons (Fsp3) is 0.488. The van der Waals surface area contributed by atoms with Gasteiger partial charge in [0.25, 0.3) is 11.8 Å². The zero-order valence-corrected chi connectivity index (χ0v) is 34.0. The van der Waals surface area contributed by atoms with Crippen LogP contribution in [0.5, 0.6) is 0 Å². The van der Waals surface area contributed by atoms with E-state index in [1.807, 2.05) is 29.2 Å². The number of amides is 4. The van der Waals surface area contributed by atoms with Crippen molar-refractivity contribution < 1.29 is 19.2 Å². The standard InChI is InChI=1S/C43H52N12O5/c1-50-41(49-55(43(50)60)34-14-15-36(56)48-42(34)59)30-8-12-32(13-9-30)53-24-27(25-53)23-51-20-16-29(17-21-51)28-6-10-31(11-7-28)46-40-38(39(44)58)45-22-35(47-40)52-18-2-4-33(26-52)54-19-3-5-37(54)57/h6-13,22,27,29,33-34H,2-5,14-21,23-26H2,1H3,(H2,44,58)(H,46,47)(H,48,56,59)/t33-,34?/m0/s1. The number of likely N-dealkylation sites (tertiary alicyclic amines) is 2. The van der Waals surface area contributed by atoms with Crippen molar-refractivity contribution in [3.05, 3.63) is 76.5 Å². The molecule has 60 heavy (non-hydrogen) atoms. The molecule has 5 saturated heterocycles. The number of imide groups is 1. The molecular weight excluding hydrogens is 765 g/mol. The largest absolute Gasteiger partial charge is 0.371 e. The first-order valence-electron chi connectivity index (χ1n) is 21.2. The third kappa shape index (κ3) is 7.97. The number of carbonyl (C=O) groups excluding carboxylic acids is 4. The summed E-state index contributed by atoms with van der Waals surface area (Å²) in [5, 5.41) is 10.1. The molecule has 5 aliphatic rings. The minimum atomic E-state index is -0.797. The number of nitrogens with one attached hydrogen (secondary N) is 2. The Balaban J connectivity index is 0.750. The summed E-state index contributed by atoms with van der Waals surface area (Å²) >= 11 is 0. The lowest BCUT2D eigenvalue weighted by Crippen LogP contribution is -2.52. The van der Waals surface area contributed by atoms with Crippen molar-refractivity contribution >= 4 is 46.6 Å². The highest BCUT2D eigenvalue weighted by molar-refractivity contribution is 5.99. The highest BCUT2D eigenvalue weighted by atomic mass is 16.2. The topological polar surface area (TPSA) is 197 Å². The molecule has 17 nitrogen and oxygen atoms in total. The number of nitrogens with two attached hydrogens (primary N) is 1. The van der Waals surface area contributed by atoms with E-state index in [4.69, 9.17) is 10.7 Å². The molecule has 2 aromatic heterocycles. The average molecular weight is 817 g/mol. The zero-order chi connectivity index (χ0) is 41.5. The number of aromatic nitrogens is 5. The summed E-state index contributed by atoms with van der Waals surface area (Å²) in [6, 6.07) is 15.8. The number of piperidine rings is 3. The predicted molar refractivity (Wildman–Crippen MR) is 225 cm³/mol. The lowest BCUT2D eigenvalue weighted by Gasteiger charge is -2.44. The van der Waals surface area contributed by atoms with Crippen molar-refractivity contribution in [1.82, 2.24) is 39.4 Å². The molecule has 1 unspecified atom stereocenters. The molecule has 0 bridgehead atoms. The van der Waals surface area contributed by atoms with Gasteiger partial charge in [0.1, 0.15) is 11.9 Å². The maximum Gasteiger partial charge on any atom is 0.346 e. The van der Waals surface area contributed by atoms with E-state index in [-0.39, 0.29) is 42.1 Å². The molecule has 2 atom stereocenters. The molecular formula is C43H52N12O5. The van der Waals surface area contributed by atoms with E-state index in [1.54, 1.807) is 13.2 Å². The summed E-state index contributed by atoms with van der Waals surface area (Å²) < 4.78 is 2.63. The van der Waals surface area contributed by atoms with E-state index in [9.17, 15) is 24.0 Å². The highest BCUT2D eigenvalue weighted by Gasteiger charge is 2.34. The van der Waals surface area contributed by atoms with Gasteiger partial charge < -0.3 is 30.7 Å². The van der Waals surface area contributed by atoms with Gasteiger partial charge in [-0.05, 0) is 99.5 Å². The van der Waals surface area contributed by atoms with Gasteiger partial charge in [-0.15, -0.1) is 5.10 Å². The molecule has 5 fully saturated rings. The molecule has 17 heteroatoms. The van der Waals surface area contributed by atoms with Gasteiger partial charge in [0.2, 0.25) is 11.8 Å². The first-order chi connectivity index (χ1) is 29.1. The van der Waals surface area contributed by atoms with Crippen LogP contribution in [-0.2, 0) is 21.4 Å². The van der Waals surface area contributed by atoms with E-state index < -0.39 is 17.9 Å². The summed E-state index contributed by atoms with van der Waals surface area (Å²) in [5.74, 6) is 1.29. The second-order valence-electron chi connectivity index (χ2n) is 16.9. The van der Waals surface area contributed by atoms with Crippen molar-refractivity contribution in [1.29, 1.82) is 0 Å². The van der Waals surface area contributed by atoms with Crippen LogP contribution >= 0.6 is 0 Å². The molecule has 4 aromatic rings. The molecule has 9 rings (SSSR count). The Morgan fingerprint density at radius 1 is 0.867 bits per heavy atom. The van der Waals surface area contributed by atoms with Gasteiger partial charge >= 0.3 is 5.69 Å². The average Bonchev–Trinajstić information content (AvgIpc) is 3.81. The van der Waals surface area contributed by atoms with Gasteiger partial charge in [-0.1, -0.05) is 12.1 Å². The minimum Gasteiger partial charge on any atom is -0.371 e. The highest BCUT2D eigenvalue weighted by Crippen LogP contribution is 2.33. The predicted octanol–water partition coefficient (Wildman–Crippen LogP) is 2.77. The van der Waals surface area contributed by atoms with Gasteiger partial charge in [-0.25, -0.2) is 19.4 Å². The number of hydrogen-bond acceptors (Lipinski definition) is 12. The quantitative estimate of drug-likeness (QED) is 0.188. The third-order valence-corrected chi connectivity index (χ3v) is 13.0. The molecule has 4 N–H and O–H groups in total. The van der Waals surface area contributed by atoms with E-state index in [1.165, 1.54) is 14.8 Å². The minimum absolute atomic E-state index is 0.0918. The van der Waals surface area contributed by atoms with Crippen molar-refractivity contribution in [2.45, 2.75) is 69.4 Å². The van der Waals surface area contributed by atoms with Gasteiger partial charge in [-0.2, -0.15) is 0 Å². The first kappa shape index (κ1) is 39.4. The van der Waals surface area contributed by atoms with Crippen LogP contribution in [0.15, 0.2) is 59.5 Å². The smallest absolute Gasteiger partial charge is 0.346 e. The van der Waals surface area contributed by atoms with Crippen molar-refractivity contribution in [2.24, 2.45) is 18.7 Å². The molecule has 0 aliphatic carbocycles. The van der Waals surface area contributed by atoms with Gasteiger partial charge in [0.15, 0.2) is 17.3 Å². The molecule has 314 valence electrons. The molecule has 5 aliphatic heterocycles. The summed E-state index contributed by atoms with van der Waals surface area (Å²) in [5.41, 5.74) is 9.42. The van der Waals surface area contributed by atoms with Gasteiger partial charge in [0, 0.05) is 88.1 Å². The first-order valence-corrected chi connectivity index (χ1v) is 21.2. The zero-order valence-electron chi connectivity index (χ0n) is 34.0. The second-order valence-corrected chi connectivity index (χ2v) is 16.9. The van der Waals surface area contributed by atoms with Crippen LogP contribution in [0.2, 0.25) is 0 Å². The number of rotatable bonds is 11. The molecule has 4 amide bonds. The van der Waals surface area contributed by atoms with Crippen molar-refractivity contribution in [2.75, 3.05) is 67.5 Å². The van der Waals surface area contributed by atoms with Crippen LogP contribution in [0, 0.1) is 5.92 Å². The van der Waals surface area contributed by atoms with Crippen LogP contribution in [0.25, 0.3) is 11.4 Å². The fourth-order valence-corrected chi connectivity index (χ4v) is 9.60. The maximum absolute atomic E-state index is 13.0. The Hall–Kier alpha value is -6.10. The summed E-state index contributed by atoms with van der Waals surface area (Å²) in [6.07, 6.45) is 7.67. The number of anilines is 4. The Bertz CT molecular complexity index is 2330. The van der Waals surface area contributed by atoms with E-state index >= 15 is 0 Å². The second kappa shape index (κ2) is 16.5. The summed E-state index contributed by atoms with van der Waals surface area (Å²) in [4.78, 5) is 80.0. The molecule has 0 radical (unpaired) electrons. The van der Waals surface area contributed by atoms with Crippen LogP contribution in [0.4, 0.5) is 23.0 Å². The van der Waals surface area contributed by atoms with E-state index in [2.05, 4.69) is 59.7 Å². The lowest BCUT2D eigenvalue weighted by atomic mass is 9.88. The Morgan fingerprint density at radius 3 is 2.33 bits per heavy atom.